The van der Waals surface area contributed by atoms with Gasteiger partial charge in [0.1, 0.15) is 0 Å². The fourth-order valence-corrected chi connectivity index (χ4v) is 1.15. The molecular formula is C11H14N2O. The third-order valence-corrected chi connectivity index (χ3v) is 1.82. The molecule has 0 fully saturated rings. The normalized spacial score (nSPS) is 11.5. The minimum atomic E-state index is 0.646. The molecule has 0 saturated heterocycles. The van der Waals surface area contributed by atoms with Crippen LogP contribution in [0.2, 0.25) is 0 Å². The van der Waals surface area contributed by atoms with Crippen molar-refractivity contribution in [2.75, 3.05) is 6.54 Å². The third kappa shape index (κ3) is 3.03. The van der Waals surface area contributed by atoms with Crippen LogP contribution in [0.4, 0.5) is 0 Å². The Morgan fingerprint density at radius 1 is 1.29 bits per heavy atom. The Morgan fingerprint density at radius 2 is 2.00 bits per heavy atom. The second kappa shape index (κ2) is 5.94. The summed E-state index contributed by atoms with van der Waals surface area (Å²) >= 11 is 0. The standard InChI is InChI=1S/C11H14N2O/c12-8-4-3-6-10-5-1-2-7-11(10)9-13-14/h1-3,5-7,9,14H,4,8,12H2. The lowest BCUT2D eigenvalue weighted by Gasteiger charge is -1.98. The smallest absolute Gasteiger partial charge is 0.0739 e. The highest BCUT2D eigenvalue weighted by molar-refractivity contribution is 5.84. The fraction of sp³-hybridized carbons (Fsp3) is 0.182. The predicted molar refractivity (Wildman–Crippen MR) is 58.5 cm³/mol. The molecule has 0 radical (unpaired) electrons. The number of hydrogen-bond donors (Lipinski definition) is 2. The first-order chi connectivity index (χ1) is 6.88. The van der Waals surface area contributed by atoms with E-state index in [2.05, 4.69) is 5.16 Å². The molecule has 3 heteroatoms. The second-order valence-corrected chi connectivity index (χ2v) is 2.85. The third-order valence-electron chi connectivity index (χ3n) is 1.82. The number of hydrogen-bond acceptors (Lipinski definition) is 3. The van der Waals surface area contributed by atoms with Crippen LogP contribution in [0, 0.1) is 0 Å². The van der Waals surface area contributed by atoms with Gasteiger partial charge in [-0.3, -0.25) is 0 Å². The van der Waals surface area contributed by atoms with Gasteiger partial charge in [0.05, 0.1) is 6.21 Å². The van der Waals surface area contributed by atoms with E-state index in [-0.39, 0.29) is 0 Å². The lowest BCUT2D eigenvalue weighted by molar-refractivity contribution is 0.322. The summed E-state index contributed by atoms with van der Waals surface area (Å²) in [5.41, 5.74) is 7.29. The van der Waals surface area contributed by atoms with Crippen LogP contribution in [0.25, 0.3) is 6.08 Å². The van der Waals surface area contributed by atoms with Crippen molar-refractivity contribution < 1.29 is 5.21 Å². The van der Waals surface area contributed by atoms with Gasteiger partial charge in [0.25, 0.3) is 0 Å². The SMILES string of the molecule is NCCC=Cc1ccccc1C=NO. The van der Waals surface area contributed by atoms with E-state index in [0.717, 1.165) is 17.5 Å². The van der Waals surface area contributed by atoms with Crippen molar-refractivity contribution >= 4 is 12.3 Å². The largest absolute Gasteiger partial charge is 0.411 e. The Bertz CT molecular complexity index is 332. The summed E-state index contributed by atoms with van der Waals surface area (Å²) in [7, 11) is 0. The molecule has 3 nitrogen and oxygen atoms in total. The maximum atomic E-state index is 8.44. The van der Waals surface area contributed by atoms with Gasteiger partial charge in [-0.25, -0.2) is 0 Å². The molecule has 74 valence electrons. The fourth-order valence-electron chi connectivity index (χ4n) is 1.15. The summed E-state index contributed by atoms with van der Waals surface area (Å²) in [5, 5.41) is 11.5. The van der Waals surface area contributed by atoms with Crippen LogP contribution < -0.4 is 5.73 Å². The minimum absolute atomic E-state index is 0.646. The van der Waals surface area contributed by atoms with Gasteiger partial charge >= 0.3 is 0 Å². The number of nitrogens with zero attached hydrogens (tertiary/aromatic N) is 1. The summed E-state index contributed by atoms with van der Waals surface area (Å²) in [6.45, 7) is 0.646. The average Bonchev–Trinajstić information content (AvgIpc) is 2.21. The predicted octanol–water partition coefficient (Wildman–Crippen LogP) is 1.86. The molecule has 0 heterocycles. The zero-order valence-electron chi connectivity index (χ0n) is 7.93. The minimum Gasteiger partial charge on any atom is -0.411 e. The van der Waals surface area contributed by atoms with Crippen LogP contribution >= 0.6 is 0 Å². The van der Waals surface area contributed by atoms with E-state index in [9.17, 15) is 0 Å². The first-order valence-electron chi connectivity index (χ1n) is 4.51. The van der Waals surface area contributed by atoms with Crippen molar-refractivity contribution in [3.63, 3.8) is 0 Å². The molecule has 0 spiro atoms. The van der Waals surface area contributed by atoms with E-state index < -0.39 is 0 Å². The Kier molecular flexibility index (Phi) is 4.44. The Balaban J connectivity index is 2.84. The molecule has 0 aliphatic rings. The topological polar surface area (TPSA) is 58.6 Å². The summed E-state index contributed by atoms with van der Waals surface area (Å²) in [4.78, 5) is 0. The summed E-state index contributed by atoms with van der Waals surface area (Å²) in [5.74, 6) is 0. The van der Waals surface area contributed by atoms with Crippen molar-refractivity contribution in [2.45, 2.75) is 6.42 Å². The first-order valence-corrected chi connectivity index (χ1v) is 4.51. The van der Waals surface area contributed by atoms with Crippen molar-refractivity contribution in [3.05, 3.63) is 41.5 Å². The van der Waals surface area contributed by atoms with Gasteiger partial charge in [0, 0.05) is 5.56 Å². The van der Waals surface area contributed by atoms with Crippen LogP contribution in [-0.2, 0) is 0 Å². The summed E-state index contributed by atoms with van der Waals surface area (Å²) in [6, 6.07) is 7.69. The molecule has 0 saturated carbocycles. The van der Waals surface area contributed by atoms with Crippen molar-refractivity contribution in [1.82, 2.24) is 0 Å². The van der Waals surface area contributed by atoms with Crippen molar-refractivity contribution in [2.24, 2.45) is 10.9 Å². The highest BCUT2D eigenvalue weighted by Crippen LogP contribution is 2.08. The van der Waals surface area contributed by atoms with Crippen LogP contribution in [0.3, 0.4) is 0 Å². The molecule has 1 rings (SSSR count). The monoisotopic (exact) mass is 190 g/mol. The van der Waals surface area contributed by atoms with E-state index >= 15 is 0 Å². The molecule has 0 amide bonds. The van der Waals surface area contributed by atoms with Crippen LogP contribution in [0.15, 0.2) is 35.5 Å². The van der Waals surface area contributed by atoms with E-state index in [1.54, 1.807) is 0 Å². The lowest BCUT2D eigenvalue weighted by atomic mass is 10.1. The molecule has 0 bridgehead atoms. The van der Waals surface area contributed by atoms with Crippen LogP contribution in [-0.4, -0.2) is 18.0 Å². The number of benzene rings is 1. The number of nitrogens with two attached hydrogens (primary N) is 1. The quantitative estimate of drug-likeness (QED) is 0.432. The van der Waals surface area contributed by atoms with E-state index in [4.69, 9.17) is 10.9 Å². The molecule has 14 heavy (non-hydrogen) atoms. The zero-order chi connectivity index (χ0) is 10.2. The molecule has 0 aliphatic carbocycles. The zero-order valence-corrected chi connectivity index (χ0v) is 7.93. The Morgan fingerprint density at radius 3 is 2.64 bits per heavy atom. The number of rotatable bonds is 4. The highest BCUT2D eigenvalue weighted by Gasteiger charge is 1.93. The highest BCUT2D eigenvalue weighted by atomic mass is 16.4. The Labute approximate surface area is 83.5 Å². The van der Waals surface area contributed by atoms with Crippen molar-refractivity contribution in [3.8, 4) is 0 Å². The van der Waals surface area contributed by atoms with E-state index in [0.29, 0.717) is 6.54 Å². The molecular weight excluding hydrogens is 176 g/mol. The molecule has 1 aromatic rings. The van der Waals surface area contributed by atoms with Gasteiger partial charge in [-0.2, -0.15) is 0 Å². The molecule has 3 N–H and O–H groups in total. The second-order valence-electron chi connectivity index (χ2n) is 2.85. The van der Waals surface area contributed by atoms with Gasteiger partial charge in [-0.05, 0) is 18.5 Å². The molecule has 0 aromatic heterocycles. The van der Waals surface area contributed by atoms with E-state index in [1.165, 1.54) is 6.21 Å². The molecule has 1 aromatic carbocycles. The van der Waals surface area contributed by atoms with Crippen LogP contribution in [0.1, 0.15) is 17.5 Å². The van der Waals surface area contributed by atoms with Gasteiger partial charge < -0.3 is 10.9 Å². The van der Waals surface area contributed by atoms with Crippen molar-refractivity contribution in [1.29, 1.82) is 0 Å². The molecule has 0 aliphatic heterocycles. The van der Waals surface area contributed by atoms with Gasteiger partial charge in [-0.15, -0.1) is 0 Å². The van der Waals surface area contributed by atoms with Gasteiger partial charge in [0.2, 0.25) is 0 Å². The van der Waals surface area contributed by atoms with Gasteiger partial charge in [0.15, 0.2) is 0 Å². The summed E-state index contributed by atoms with van der Waals surface area (Å²) < 4.78 is 0. The summed E-state index contributed by atoms with van der Waals surface area (Å²) in [6.07, 6.45) is 6.25. The van der Waals surface area contributed by atoms with Crippen LogP contribution in [0.5, 0.6) is 0 Å². The lowest BCUT2D eigenvalue weighted by Crippen LogP contribution is -1.95. The van der Waals surface area contributed by atoms with Gasteiger partial charge in [-0.1, -0.05) is 41.6 Å². The maximum absolute atomic E-state index is 8.44. The number of oxime groups is 1. The van der Waals surface area contributed by atoms with E-state index in [1.807, 2.05) is 36.4 Å². The Hall–Kier alpha value is -1.61. The molecule has 0 atom stereocenters. The average molecular weight is 190 g/mol. The molecule has 0 unspecified atom stereocenters. The first kappa shape index (κ1) is 10.5. The maximum Gasteiger partial charge on any atom is 0.0739 e.